The molecule has 0 aliphatic carbocycles. The second-order valence-electron chi connectivity index (χ2n) is 4.78. The van der Waals surface area contributed by atoms with E-state index in [4.69, 9.17) is 10.5 Å². The molecule has 1 aromatic rings. The van der Waals surface area contributed by atoms with E-state index < -0.39 is 5.91 Å². The van der Waals surface area contributed by atoms with Crippen molar-refractivity contribution in [2.45, 2.75) is 19.8 Å². The average Bonchev–Trinajstić information content (AvgIpc) is 2.62. The lowest BCUT2D eigenvalue weighted by molar-refractivity contribution is 0.0993. The van der Waals surface area contributed by atoms with Gasteiger partial charge in [0.15, 0.2) is 0 Å². The Balaban J connectivity index is 2.06. The molecule has 0 saturated carbocycles. The van der Waals surface area contributed by atoms with Crippen LogP contribution in [0.1, 0.15) is 28.9 Å². The smallest absolute Gasteiger partial charge is 0.256 e. The van der Waals surface area contributed by atoms with Crippen molar-refractivity contribution in [3.8, 4) is 5.88 Å². The lowest BCUT2D eigenvalue weighted by atomic mass is 10.0. The SMILES string of the molecule is Cc1nn(C)c(OCC2CCCNC2)c1C(N)=O. The Labute approximate surface area is 106 Å². The lowest BCUT2D eigenvalue weighted by Crippen LogP contribution is -2.33. The van der Waals surface area contributed by atoms with Gasteiger partial charge in [-0.05, 0) is 26.3 Å². The number of rotatable bonds is 4. The maximum Gasteiger partial charge on any atom is 0.256 e. The first-order chi connectivity index (χ1) is 8.59. The Bertz CT molecular complexity index is 436. The molecule has 1 aliphatic rings. The normalized spacial score (nSPS) is 19.8. The molecule has 1 aliphatic heterocycles. The number of aryl methyl sites for hydroxylation is 2. The molecule has 1 saturated heterocycles. The van der Waals surface area contributed by atoms with Gasteiger partial charge in [-0.1, -0.05) is 0 Å². The predicted molar refractivity (Wildman–Crippen MR) is 67.6 cm³/mol. The molecule has 6 heteroatoms. The highest BCUT2D eigenvalue weighted by Gasteiger charge is 2.21. The fourth-order valence-corrected chi connectivity index (χ4v) is 2.35. The molecule has 1 amide bonds. The third-order valence-electron chi connectivity index (χ3n) is 3.27. The van der Waals surface area contributed by atoms with Crippen molar-refractivity contribution < 1.29 is 9.53 Å². The zero-order valence-electron chi connectivity index (χ0n) is 10.9. The number of hydrogen-bond acceptors (Lipinski definition) is 4. The van der Waals surface area contributed by atoms with E-state index >= 15 is 0 Å². The number of carbonyl (C=O) groups is 1. The number of aromatic nitrogens is 2. The Hall–Kier alpha value is -1.56. The standard InChI is InChI=1S/C12H20N4O2/c1-8-10(11(13)17)12(16(2)15-8)18-7-9-4-3-5-14-6-9/h9,14H,3-7H2,1-2H3,(H2,13,17). The zero-order valence-corrected chi connectivity index (χ0v) is 10.9. The van der Waals surface area contributed by atoms with E-state index in [1.54, 1.807) is 18.7 Å². The van der Waals surface area contributed by atoms with E-state index in [9.17, 15) is 4.79 Å². The van der Waals surface area contributed by atoms with Crippen LogP contribution in [0.15, 0.2) is 0 Å². The van der Waals surface area contributed by atoms with Crippen LogP contribution in [0.25, 0.3) is 0 Å². The van der Waals surface area contributed by atoms with Crippen molar-refractivity contribution >= 4 is 5.91 Å². The summed E-state index contributed by atoms with van der Waals surface area (Å²) in [7, 11) is 1.76. The molecule has 2 heterocycles. The minimum absolute atomic E-state index is 0.390. The van der Waals surface area contributed by atoms with Gasteiger partial charge in [0.05, 0.1) is 12.3 Å². The highest BCUT2D eigenvalue weighted by atomic mass is 16.5. The van der Waals surface area contributed by atoms with Crippen LogP contribution in [0.5, 0.6) is 5.88 Å². The number of primary amides is 1. The monoisotopic (exact) mass is 252 g/mol. The summed E-state index contributed by atoms with van der Waals surface area (Å²) in [6, 6.07) is 0. The minimum Gasteiger partial charge on any atom is -0.477 e. The Morgan fingerprint density at radius 1 is 1.67 bits per heavy atom. The molecule has 100 valence electrons. The van der Waals surface area contributed by atoms with Crippen molar-refractivity contribution in [2.24, 2.45) is 18.7 Å². The molecule has 0 radical (unpaired) electrons. The van der Waals surface area contributed by atoms with Crippen LogP contribution < -0.4 is 15.8 Å². The van der Waals surface area contributed by atoms with Gasteiger partial charge in [0, 0.05) is 19.5 Å². The summed E-state index contributed by atoms with van der Waals surface area (Å²) in [6.45, 7) is 4.39. The third-order valence-corrected chi connectivity index (χ3v) is 3.27. The molecular weight excluding hydrogens is 232 g/mol. The van der Waals surface area contributed by atoms with Crippen molar-refractivity contribution in [1.29, 1.82) is 0 Å². The second-order valence-corrected chi connectivity index (χ2v) is 4.78. The van der Waals surface area contributed by atoms with Crippen LogP contribution in [0.4, 0.5) is 0 Å². The van der Waals surface area contributed by atoms with Crippen LogP contribution >= 0.6 is 0 Å². The number of nitrogens with zero attached hydrogens (tertiary/aromatic N) is 2. The summed E-state index contributed by atoms with van der Waals surface area (Å²) in [5.41, 5.74) is 6.36. The van der Waals surface area contributed by atoms with Crippen LogP contribution in [-0.4, -0.2) is 35.4 Å². The number of nitrogens with one attached hydrogen (secondary N) is 1. The Morgan fingerprint density at radius 2 is 2.44 bits per heavy atom. The van der Waals surface area contributed by atoms with E-state index in [2.05, 4.69) is 10.4 Å². The summed E-state index contributed by atoms with van der Waals surface area (Å²) in [5.74, 6) is 0.470. The van der Waals surface area contributed by atoms with Gasteiger partial charge in [-0.2, -0.15) is 5.10 Å². The molecule has 0 aromatic carbocycles. The highest BCUT2D eigenvalue weighted by Crippen LogP contribution is 2.22. The number of carbonyl (C=O) groups excluding carboxylic acids is 1. The average molecular weight is 252 g/mol. The molecule has 0 bridgehead atoms. The summed E-state index contributed by atoms with van der Waals surface area (Å²) in [5, 5.41) is 7.51. The maximum absolute atomic E-state index is 11.4. The first kappa shape index (κ1) is 12.9. The number of ether oxygens (including phenoxy) is 1. The Morgan fingerprint density at radius 3 is 3.06 bits per heavy atom. The first-order valence-electron chi connectivity index (χ1n) is 6.26. The molecular formula is C12H20N4O2. The highest BCUT2D eigenvalue weighted by molar-refractivity contribution is 5.96. The molecule has 18 heavy (non-hydrogen) atoms. The number of amides is 1. The quantitative estimate of drug-likeness (QED) is 0.802. The number of nitrogens with two attached hydrogens (primary N) is 1. The maximum atomic E-state index is 11.4. The van der Waals surface area contributed by atoms with Crippen molar-refractivity contribution in [1.82, 2.24) is 15.1 Å². The molecule has 3 N–H and O–H groups in total. The van der Waals surface area contributed by atoms with Gasteiger partial charge in [-0.15, -0.1) is 0 Å². The van der Waals surface area contributed by atoms with Gasteiger partial charge in [0.25, 0.3) is 5.91 Å². The predicted octanol–water partition coefficient (Wildman–Crippen LogP) is 0.206. The first-order valence-corrected chi connectivity index (χ1v) is 6.26. The van der Waals surface area contributed by atoms with E-state index in [0.29, 0.717) is 29.7 Å². The molecule has 1 atom stereocenters. The molecule has 1 unspecified atom stereocenters. The van der Waals surface area contributed by atoms with E-state index in [1.165, 1.54) is 6.42 Å². The fraction of sp³-hybridized carbons (Fsp3) is 0.667. The van der Waals surface area contributed by atoms with Gasteiger partial charge in [-0.3, -0.25) is 4.79 Å². The van der Waals surface area contributed by atoms with Crippen LogP contribution in [-0.2, 0) is 7.05 Å². The van der Waals surface area contributed by atoms with Crippen molar-refractivity contribution in [2.75, 3.05) is 19.7 Å². The van der Waals surface area contributed by atoms with Gasteiger partial charge in [0.2, 0.25) is 5.88 Å². The van der Waals surface area contributed by atoms with E-state index in [-0.39, 0.29) is 0 Å². The lowest BCUT2D eigenvalue weighted by Gasteiger charge is -2.22. The van der Waals surface area contributed by atoms with E-state index in [1.807, 2.05) is 0 Å². The summed E-state index contributed by atoms with van der Waals surface area (Å²) in [4.78, 5) is 11.4. The number of hydrogen-bond donors (Lipinski definition) is 2. The fourth-order valence-electron chi connectivity index (χ4n) is 2.35. The minimum atomic E-state index is -0.489. The van der Waals surface area contributed by atoms with Gasteiger partial charge in [0.1, 0.15) is 5.56 Å². The van der Waals surface area contributed by atoms with Gasteiger partial charge in [-0.25, -0.2) is 4.68 Å². The Kier molecular flexibility index (Phi) is 3.86. The molecule has 1 aromatic heterocycles. The van der Waals surface area contributed by atoms with Crippen LogP contribution in [0.2, 0.25) is 0 Å². The summed E-state index contributed by atoms with van der Waals surface area (Å²) < 4.78 is 7.32. The van der Waals surface area contributed by atoms with Crippen molar-refractivity contribution in [3.05, 3.63) is 11.3 Å². The second kappa shape index (κ2) is 5.39. The van der Waals surface area contributed by atoms with Crippen molar-refractivity contribution in [3.63, 3.8) is 0 Å². The summed E-state index contributed by atoms with van der Waals surface area (Å²) >= 11 is 0. The molecule has 1 fully saturated rings. The van der Waals surface area contributed by atoms with E-state index in [0.717, 1.165) is 19.5 Å². The molecule has 0 spiro atoms. The zero-order chi connectivity index (χ0) is 13.1. The van der Waals surface area contributed by atoms with Crippen LogP contribution in [0.3, 0.4) is 0 Å². The molecule has 6 nitrogen and oxygen atoms in total. The van der Waals surface area contributed by atoms with Crippen LogP contribution in [0, 0.1) is 12.8 Å². The topological polar surface area (TPSA) is 82.2 Å². The van der Waals surface area contributed by atoms with Gasteiger partial charge < -0.3 is 15.8 Å². The number of piperidine rings is 1. The van der Waals surface area contributed by atoms with Gasteiger partial charge >= 0.3 is 0 Å². The third kappa shape index (κ3) is 2.64. The largest absolute Gasteiger partial charge is 0.477 e. The summed E-state index contributed by atoms with van der Waals surface area (Å²) in [6.07, 6.45) is 2.32. The molecule has 2 rings (SSSR count).